The molecular weight excluding hydrogens is 314 g/mol. The Hall–Kier alpha value is -1.96. The van der Waals surface area contributed by atoms with Crippen molar-refractivity contribution in [1.82, 2.24) is 4.90 Å². The molecule has 7 heteroatoms. The maximum absolute atomic E-state index is 12.6. The number of hydrogen-bond acceptors (Lipinski definition) is 6. The summed E-state index contributed by atoms with van der Waals surface area (Å²) in [5.74, 6) is -0.802. The van der Waals surface area contributed by atoms with Gasteiger partial charge in [0, 0.05) is 13.0 Å². The van der Waals surface area contributed by atoms with Crippen molar-refractivity contribution in [2.24, 2.45) is 0 Å². The van der Waals surface area contributed by atoms with E-state index in [1.54, 1.807) is 4.90 Å². The van der Waals surface area contributed by atoms with Crippen LogP contribution in [0.5, 0.6) is 0 Å². The Morgan fingerprint density at radius 3 is 2.83 bits per heavy atom. The van der Waals surface area contributed by atoms with E-state index in [9.17, 15) is 9.59 Å². The summed E-state index contributed by atoms with van der Waals surface area (Å²) in [6.07, 6.45) is -1.91. The molecule has 4 rings (SSSR count). The van der Waals surface area contributed by atoms with Gasteiger partial charge in [0.25, 0.3) is 5.91 Å². The average molecular weight is 333 g/mol. The van der Waals surface area contributed by atoms with Crippen LogP contribution in [-0.2, 0) is 35.1 Å². The Labute approximate surface area is 139 Å². The number of rotatable bonds is 4. The number of methoxy groups -OCH3 is 1. The molecule has 1 amide bonds. The summed E-state index contributed by atoms with van der Waals surface area (Å²) >= 11 is 0. The second-order valence-corrected chi connectivity index (χ2v) is 6.22. The van der Waals surface area contributed by atoms with Gasteiger partial charge in [-0.15, -0.1) is 0 Å². The van der Waals surface area contributed by atoms with Crippen molar-refractivity contribution < 1.29 is 28.5 Å². The van der Waals surface area contributed by atoms with Crippen molar-refractivity contribution in [3.63, 3.8) is 0 Å². The monoisotopic (exact) mass is 333 g/mol. The van der Waals surface area contributed by atoms with Gasteiger partial charge in [0.2, 0.25) is 0 Å². The lowest BCUT2D eigenvalue weighted by atomic mass is 10.1. The van der Waals surface area contributed by atoms with E-state index in [0.717, 1.165) is 5.56 Å². The summed E-state index contributed by atoms with van der Waals surface area (Å²) < 4.78 is 21.8. The van der Waals surface area contributed by atoms with Crippen LogP contribution in [0.3, 0.4) is 0 Å². The molecule has 24 heavy (non-hydrogen) atoms. The minimum absolute atomic E-state index is 0.0673. The van der Waals surface area contributed by atoms with E-state index in [4.69, 9.17) is 14.2 Å². The predicted octanol–water partition coefficient (Wildman–Crippen LogP) is 0.469. The normalized spacial score (nSPS) is 34.3. The standard InChI is InChI=1S/C17H19NO6/c1-21-16(20)14-13-15(19)18-8-11(7-12(18)17(23-13)24-14)22-9-10-5-3-2-4-6-10/h2-6,11-14,17H,7-9H2,1H3/t11-,12+,13+,14+,17-/m1/s1. The second kappa shape index (κ2) is 6.16. The third-order valence-electron chi connectivity index (χ3n) is 4.74. The first-order valence-corrected chi connectivity index (χ1v) is 8.02. The molecule has 0 spiro atoms. The summed E-state index contributed by atoms with van der Waals surface area (Å²) in [6, 6.07) is 9.68. The third kappa shape index (κ3) is 2.58. The van der Waals surface area contributed by atoms with Gasteiger partial charge in [0.1, 0.15) is 0 Å². The van der Waals surface area contributed by atoms with E-state index < -0.39 is 24.5 Å². The highest BCUT2D eigenvalue weighted by Gasteiger charge is 2.58. The lowest BCUT2D eigenvalue weighted by Gasteiger charge is -2.32. The number of ether oxygens (including phenoxy) is 4. The lowest BCUT2D eigenvalue weighted by Crippen LogP contribution is -2.53. The Morgan fingerprint density at radius 1 is 1.29 bits per heavy atom. The van der Waals surface area contributed by atoms with E-state index >= 15 is 0 Å². The van der Waals surface area contributed by atoms with Crippen LogP contribution in [0.2, 0.25) is 0 Å². The summed E-state index contributed by atoms with van der Waals surface area (Å²) in [5.41, 5.74) is 1.09. The van der Waals surface area contributed by atoms with Gasteiger partial charge in [-0.1, -0.05) is 30.3 Å². The van der Waals surface area contributed by atoms with Gasteiger partial charge >= 0.3 is 5.97 Å². The van der Waals surface area contributed by atoms with Crippen LogP contribution in [0.4, 0.5) is 0 Å². The molecule has 1 aromatic rings. The summed E-state index contributed by atoms with van der Waals surface area (Å²) in [4.78, 5) is 26.0. The number of hydrogen-bond donors (Lipinski definition) is 0. The van der Waals surface area contributed by atoms with Crippen molar-refractivity contribution in [1.29, 1.82) is 0 Å². The fourth-order valence-electron chi connectivity index (χ4n) is 3.54. The van der Waals surface area contributed by atoms with E-state index in [-0.39, 0.29) is 18.1 Å². The molecular formula is C17H19NO6. The topological polar surface area (TPSA) is 74.3 Å². The van der Waals surface area contributed by atoms with Crippen molar-refractivity contribution in [3.8, 4) is 0 Å². The molecule has 3 saturated heterocycles. The number of esters is 1. The summed E-state index contributed by atoms with van der Waals surface area (Å²) in [6.45, 7) is 0.991. The second-order valence-electron chi connectivity index (χ2n) is 6.22. The van der Waals surface area contributed by atoms with Gasteiger partial charge in [-0.2, -0.15) is 0 Å². The molecule has 128 valence electrons. The molecule has 3 fully saturated rings. The quantitative estimate of drug-likeness (QED) is 0.746. The van der Waals surface area contributed by atoms with Crippen molar-refractivity contribution >= 4 is 11.9 Å². The first-order valence-electron chi connectivity index (χ1n) is 8.02. The van der Waals surface area contributed by atoms with Crippen LogP contribution in [0, 0.1) is 0 Å². The number of morpholine rings is 1. The van der Waals surface area contributed by atoms with Crippen molar-refractivity contribution in [3.05, 3.63) is 35.9 Å². The van der Waals surface area contributed by atoms with Gasteiger partial charge < -0.3 is 23.8 Å². The molecule has 0 aliphatic carbocycles. The highest BCUT2D eigenvalue weighted by Crippen LogP contribution is 2.37. The molecule has 0 radical (unpaired) electrons. The molecule has 7 nitrogen and oxygen atoms in total. The number of nitrogens with zero attached hydrogens (tertiary/aromatic N) is 1. The maximum atomic E-state index is 12.6. The summed E-state index contributed by atoms with van der Waals surface area (Å²) in [5, 5.41) is 0. The lowest BCUT2D eigenvalue weighted by molar-refractivity contribution is -0.171. The van der Waals surface area contributed by atoms with Crippen LogP contribution < -0.4 is 0 Å². The highest BCUT2D eigenvalue weighted by atomic mass is 16.7. The molecule has 0 unspecified atom stereocenters. The first-order chi connectivity index (χ1) is 11.7. The molecule has 3 aliphatic rings. The van der Waals surface area contributed by atoms with Crippen LogP contribution in [-0.4, -0.2) is 61.1 Å². The van der Waals surface area contributed by atoms with Crippen molar-refractivity contribution in [2.75, 3.05) is 13.7 Å². The fraction of sp³-hybridized carbons (Fsp3) is 0.529. The smallest absolute Gasteiger partial charge is 0.338 e. The fourth-order valence-corrected chi connectivity index (χ4v) is 3.54. The molecule has 0 N–H and O–H groups in total. The number of fused-ring (bicyclic) bond motifs is 4. The van der Waals surface area contributed by atoms with Gasteiger partial charge in [-0.3, -0.25) is 4.79 Å². The van der Waals surface area contributed by atoms with E-state index in [0.29, 0.717) is 19.6 Å². The SMILES string of the molecule is COC(=O)[C@H]1O[C@H]2O[C@@H]1C(=O)N1C[C@H](OCc3ccccc3)C[C@@H]21. The predicted molar refractivity (Wildman–Crippen MR) is 80.7 cm³/mol. The molecule has 3 aliphatic heterocycles. The molecule has 1 aromatic carbocycles. The van der Waals surface area contributed by atoms with E-state index in [1.165, 1.54) is 7.11 Å². The summed E-state index contributed by atoms with van der Waals surface area (Å²) in [7, 11) is 1.27. The zero-order valence-corrected chi connectivity index (χ0v) is 13.3. The number of carbonyl (C=O) groups excluding carboxylic acids is 2. The molecule has 2 bridgehead atoms. The maximum Gasteiger partial charge on any atom is 0.338 e. The zero-order valence-electron chi connectivity index (χ0n) is 13.3. The largest absolute Gasteiger partial charge is 0.467 e. The molecule has 3 heterocycles. The van der Waals surface area contributed by atoms with Crippen molar-refractivity contribution in [2.45, 2.75) is 43.7 Å². The van der Waals surface area contributed by atoms with Gasteiger partial charge in [0.15, 0.2) is 18.5 Å². The minimum atomic E-state index is -0.971. The highest BCUT2D eigenvalue weighted by molar-refractivity contribution is 5.90. The van der Waals surface area contributed by atoms with Crippen LogP contribution in [0.25, 0.3) is 0 Å². The Bertz CT molecular complexity index is 635. The molecule has 5 atom stereocenters. The number of amides is 1. The Kier molecular flexibility index (Phi) is 3.99. The Morgan fingerprint density at radius 2 is 2.08 bits per heavy atom. The average Bonchev–Trinajstić information content (AvgIpc) is 3.22. The van der Waals surface area contributed by atoms with Gasteiger partial charge in [-0.25, -0.2) is 4.79 Å². The van der Waals surface area contributed by atoms with E-state index in [1.807, 2.05) is 30.3 Å². The molecule has 0 aromatic heterocycles. The van der Waals surface area contributed by atoms with Gasteiger partial charge in [-0.05, 0) is 5.56 Å². The van der Waals surface area contributed by atoms with E-state index in [2.05, 4.69) is 4.74 Å². The zero-order chi connectivity index (χ0) is 16.7. The molecule has 0 saturated carbocycles. The first kappa shape index (κ1) is 15.6. The number of benzene rings is 1. The van der Waals surface area contributed by atoms with Crippen LogP contribution >= 0.6 is 0 Å². The third-order valence-corrected chi connectivity index (χ3v) is 4.74. The van der Waals surface area contributed by atoms with Gasteiger partial charge in [0.05, 0.1) is 25.9 Å². The number of carbonyl (C=O) groups is 2. The van der Waals surface area contributed by atoms with Crippen LogP contribution in [0.1, 0.15) is 12.0 Å². The minimum Gasteiger partial charge on any atom is -0.467 e. The van der Waals surface area contributed by atoms with Crippen LogP contribution in [0.15, 0.2) is 30.3 Å². The Balaban J connectivity index is 1.40.